The van der Waals surface area contributed by atoms with Crippen LogP contribution in [0, 0.1) is 5.82 Å². The maximum absolute atomic E-state index is 12.9. The second-order valence-corrected chi connectivity index (χ2v) is 5.11. The molecule has 0 aliphatic carbocycles. The molecule has 0 unspecified atom stereocenters. The Balaban J connectivity index is 2.16. The summed E-state index contributed by atoms with van der Waals surface area (Å²) in [5.41, 5.74) is 0.851. The molecule has 2 aromatic rings. The van der Waals surface area contributed by atoms with E-state index in [1.807, 2.05) is 6.92 Å². The van der Waals surface area contributed by atoms with E-state index < -0.39 is 23.7 Å². The molecular weight excluding hydrogens is 313 g/mol. The maximum atomic E-state index is 12.9. The van der Waals surface area contributed by atoms with Crippen LogP contribution in [0.2, 0.25) is 0 Å². The van der Waals surface area contributed by atoms with E-state index in [4.69, 9.17) is 4.74 Å². The fourth-order valence-corrected chi connectivity index (χ4v) is 2.22. The predicted molar refractivity (Wildman–Crippen MR) is 83.8 cm³/mol. The van der Waals surface area contributed by atoms with Crippen molar-refractivity contribution in [1.29, 1.82) is 0 Å². The first-order valence-electron chi connectivity index (χ1n) is 7.48. The van der Waals surface area contributed by atoms with Crippen LogP contribution in [0.25, 0.3) is 0 Å². The maximum Gasteiger partial charge on any atom is 0.251 e. The van der Waals surface area contributed by atoms with E-state index in [-0.39, 0.29) is 12.0 Å². The molecule has 1 atom stereocenters. The molecule has 5 nitrogen and oxygen atoms in total. The minimum Gasteiger partial charge on any atom is -0.550 e. The van der Waals surface area contributed by atoms with Crippen LogP contribution in [-0.2, 0) is 4.79 Å². The summed E-state index contributed by atoms with van der Waals surface area (Å²) in [5, 5.41) is 13.6. The molecule has 126 valence electrons. The Bertz CT molecular complexity index is 698. The van der Waals surface area contributed by atoms with Gasteiger partial charge in [-0.1, -0.05) is 12.1 Å². The molecule has 24 heavy (non-hydrogen) atoms. The second kappa shape index (κ2) is 8.10. The Morgan fingerprint density at radius 2 is 1.75 bits per heavy atom. The number of carbonyl (C=O) groups is 2. The van der Waals surface area contributed by atoms with Crippen molar-refractivity contribution >= 4 is 11.9 Å². The van der Waals surface area contributed by atoms with E-state index in [0.29, 0.717) is 17.9 Å². The first kappa shape index (κ1) is 17.5. The number of hydrogen-bond acceptors (Lipinski definition) is 4. The molecule has 0 bridgehead atoms. The number of rotatable bonds is 7. The molecule has 0 radical (unpaired) electrons. The standard InChI is InChI=1S/C18H18FNO4/c1-2-24-15-9-5-12(6-10-15)16(11-17(21)22)20-18(23)13-3-7-14(19)8-4-13/h3-10,16H,2,11H2,1H3,(H,20,23)(H,21,22)/p-1/t16-/m0/s1. The van der Waals surface area contributed by atoms with Gasteiger partial charge < -0.3 is 20.0 Å². The van der Waals surface area contributed by atoms with Gasteiger partial charge in [-0.2, -0.15) is 0 Å². The Kier molecular flexibility index (Phi) is 5.89. The van der Waals surface area contributed by atoms with Crippen molar-refractivity contribution in [3.63, 3.8) is 0 Å². The van der Waals surface area contributed by atoms with E-state index in [1.165, 1.54) is 24.3 Å². The normalized spacial score (nSPS) is 11.6. The van der Waals surface area contributed by atoms with Crippen molar-refractivity contribution in [2.24, 2.45) is 0 Å². The molecule has 2 rings (SSSR count). The number of aliphatic carboxylic acids is 1. The van der Waals surface area contributed by atoms with Gasteiger partial charge >= 0.3 is 0 Å². The number of carboxylic acid groups (broad SMARTS) is 1. The van der Waals surface area contributed by atoms with Crippen molar-refractivity contribution in [2.45, 2.75) is 19.4 Å². The molecule has 2 aromatic carbocycles. The topological polar surface area (TPSA) is 78.5 Å². The van der Waals surface area contributed by atoms with Gasteiger partial charge in [0.05, 0.1) is 12.6 Å². The lowest BCUT2D eigenvalue weighted by Crippen LogP contribution is -2.34. The van der Waals surface area contributed by atoms with Crippen LogP contribution in [0.4, 0.5) is 4.39 Å². The monoisotopic (exact) mass is 330 g/mol. The minimum atomic E-state index is -1.28. The smallest absolute Gasteiger partial charge is 0.251 e. The fraction of sp³-hybridized carbons (Fsp3) is 0.222. The van der Waals surface area contributed by atoms with Crippen molar-refractivity contribution in [2.75, 3.05) is 6.61 Å². The highest BCUT2D eigenvalue weighted by molar-refractivity contribution is 5.94. The summed E-state index contributed by atoms with van der Waals surface area (Å²) in [4.78, 5) is 23.2. The Morgan fingerprint density at radius 3 is 2.29 bits per heavy atom. The van der Waals surface area contributed by atoms with Crippen LogP contribution in [0.3, 0.4) is 0 Å². The summed E-state index contributed by atoms with van der Waals surface area (Å²) >= 11 is 0. The number of carboxylic acids is 1. The SMILES string of the molecule is CCOc1ccc([C@H](CC(=O)[O-])NC(=O)c2ccc(F)cc2)cc1. The van der Waals surface area contributed by atoms with Gasteiger partial charge in [0.2, 0.25) is 0 Å². The Hall–Kier alpha value is -2.89. The number of hydrogen-bond donors (Lipinski definition) is 1. The van der Waals surface area contributed by atoms with Gasteiger partial charge in [0.25, 0.3) is 5.91 Å². The van der Waals surface area contributed by atoms with Gasteiger partial charge in [0.15, 0.2) is 0 Å². The highest BCUT2D eigenvalue weighted by Gasteiger charge is 2.16. The molecule has 0 saturated carbocycles. The summed E-state index contributed by atoms with van der Waals surface area (Å²) < 4.78 is 18.3. The van der Waals surface area contributed by atoms with Gasteiger partial charge in [-0.25, -0.2) is 4.39 Å². The zero-order valence-corrected chi connectivity index (χ0v) is 13.1. The molecule has 0 aliphatic rings. The molecule has 6 heteroatoms. The number of amides is 1. The van der Waals surface area contributed by atoms with Crippen molar-refractivity contribution < 1.29 is 23.8 Å². The van der Waals surface area contributed by atoms with Gasteiger partial charge in [-0.3, -0.25) is 4.79 Å². The number of ether oxygens (including phenoxy) is 1. The molecule has 0 saturated heterocycles. The van der Waals surface area contributed by atoms with Gasteiger partial charge in [0.1, 0.15) is 11.6 Å². The highest BCUT2D eigenvalue weighted by Crippen LogP contribution is 2.21. The molecule has 0 fully saturated rings. The number of halogens is 1. The van der Waals surface area contributed by atoms with Crippen molar-refractivity contribution in [3.8, 4) is 5.75 Å². The number of nitrogens with one attached hydrogen (secondary N) is 1. The van der Waals surface area contributed by atoms with Crippen LogP contribution in [-0.4, -0.2) is 18.5 Å². The average Bonchev–Trinajstić information content (AvgIpc) is 2.55. The Morgan fingerprint density at radius 1 is 1.12 bits per heavy atom. The van der Waals surface area contributed by atoms with Gasteiger partial charge in [-0.05, 0) is 48.9 Å². The summed E-state index contributed by atoms with van der Waals surface area (Å²) in [6.07, 6.45) is -0.374. The van der Waals surface area contributed by atoms with E-state index in [1.54, 1.807) is 24.3 Å². The molecule has 0 spiro atoms. The van der Waals surface area contributed by atoms with Crippen molar-refractivity contribution in [1.82, 2.24) is 5.32 Å². The number of carbonyl (C=O) groups excluding carboxylic acids is 2. The largest absolute Gasteiger partial charge is 0.550 e. The van der Waals surface area contributed by atoms with E-state index in [0.717, 1.165) is 0 Å². The van der Waals surface area contributed by atoms with Crippen molar-refractivity contribution in [3.05, 3.63) is 65.5 Å². The summed E-state index contributed by atoms with van der Waals surface area (Å²) in [5.74, 6) is -1.58. The van der Waals surface area contributed by atoms with Crippen LogP contribution in [0.1, 0.15) is 35.3 Å². The molecule has 0 aliphatic heterocycles. The van der Waals surface area contributed by atoms with Crippen LogP contribution in [0.15, 0.2) is 48.5 Å². The first-order chi connectivity index (χ1) is 11.5. The molecule has 0 heterocycles. The summed E-state index contributed by atoms with van der Waals surface area (Å²) in [6, 6.07) is 11.0. The number of benzene rings is 2. The lowest BCUT2D eigenvalue weighted by Gasteiger charge is -2.20. The lowest BCUT2D eigenvalue weighted by molar-refractivity contribution is -0.306. The van der Waals surface area contributed by atoms with E-state index in [2.05, 4.69) is 5.32 Å². The third-order valence-electron chi connectivity index (χ3n) is 3.38. The van der Waals surface area contributed by atoms with Crippen LogP contribution >= 0.6 is 0 Å². The summed E-state index contributed by atoms with van der Waals surface area (Å²) in [6.45, 7) is 2.37. The van der Waals surface area contributed by atoms with E-state index in [9.17, 15) is 19.1 Å². The third kappa shape index (κ3) is 4.81. The third-order valence-corrected chi connectivity index (χ3v) is 3.38. The molecule has 1 N–H and O–H groups in total. The van der Waals surface area contributed by atoms with Gasteiger partial charge in [0, 0.05) is 18.0 Å². The molecule has 1 amide bonds. The first-order valence-corrected chi connectivity index (χ1v) is 7.48. The summed E-state index contributed by atoms with van der Waals surface area (Å²) in [7, 11) is 0. The van der Waals surface area contributed by atoms with Gasteiger partial charge in [-0.15, -0.1) is 0 Å². The Labute approximate surface area is 139 Å². The second-order valence-electron chi connectivity index (χ2n) is 5.11. The zero-order chi connectivity index (χ0) is 17.5. The lowest BCUT2D eigenvalue weighted by atomic mass is 10.0. The highest BCUT2D eigenvalue weighted by atomic mass is 19.1. The predicted octanol–water partition coefficient (Wildman–Crippen LogP) is 1.84. The van der Waals surface area contributed by atoms with E-state index >= 15 is 0 Å². The fourth-order valence-electron chi connectivity index (χ4n) is 2.22. The molecular formula is C18H17FNO4-. The zero-order valence-electron chi connectivity index (χ0n) is 13.1. The van der Waals surface area contributed by atoms with Crippen LogP contribution < -0.4 is 15.2 Å². The quantitative estimate of drug-likeness (QED) is 0.840. The van der Waals surface area contributed by atoms with Crippen LogP contribution in [0.5, 0.6) is 5.75 Å². The molecule has 0 aromatic heterocycles. The minimum absolute atomic E-state index is 0.241. The average molecular weight is 330 g/mol.